The molecule has 3 aromatic rings. The summed E-state index contributed by atoms with van der Waals surface area (Å²) in [5.41, 5.74) is 1.74. The number of nitrogens with zero attached hydrogens (tertiary/aromatic N) is 3. The summed E-state index contributed by atoms with van der Waals surface area (Å²) >= 11 is 0. The van der Waals surface area contributed by atoms with Gasteiger partial charge in [0.15, 0.2) is 0 Å². The number of rotatable bonds is 7. The van der Waals surface area contributed by atoms with E-state index < -0.39 is 12.2 Å². The fourth-order valence-electron chi connectivity index (χ4n) is 3.73. The molecular weight excluding hydrogens is 422 g/mol. The first kappa shape index (κ1) is 22.1. The van der Waals surface area contributed by atoms with E-state index in [1.165, 1.54) is 18.3 Å². The minimum atomic E-state index is -2.93. The zero-order valence-electron chi connectivity index (χ0n) is 17.7. The SMILES string of the molecule is CC(C)n1nc(-c2cccc(OC(F)F)c2)c2ncc(C(=O)N[C@@]3(CO)CCOC3)cc21. The maximum absolute atomic E-state index is 12.9. The summed E-state index contributed by atoms with van der Waals surface area (Å²) in [5, 5.41) is 17.2. The van der Waals surface area contributed by atoms with Gasteiger partial charge in [0, 0.05) is 24.4 Å². The van der Waals surface area contributed by atoms with Crippen LogP contribution in [0, 0.1) is 0 Å². The van der Waals surface area contributed by atoms with Crippen LogP contribution in [0.5, 0.6) is 5.75 Å². The third-order valence-electron chi connectivity index (χ3n) is 5.42. The van der Waals surface area contributed by atoms with Crippen molar-refractivity contribution in [2.45, 2.75) is 38.5 Å². The van der Waals surface area contributed by atoms with E-state index in [2.05, 4.69) is 20.1 Å². The normalized spacial score (nSPS) is 18.6. The van der Waals surface area contributed by atoms with Crippen molar-refractivity contribution in [2.24, 2.45) is 0 Å². The van der Waals surface area contributed by atoms with Gasteiger partial charge in [-0.1, -0.05) is 12.1 Å². The van der Waals surface area contributed by atoms with Crippen LogP contribution in [-0.2, 0) is 4.74 Å². The van der Waals surface area contributed by atoms with Gasteiger partial charge in [0.2, 0.25) is 0 Å². The van der Waals surface area contributed by atoms with Crippen LogP contribution < -0.4 is 10.1 Å². The Kier molecular flexibility index (Phi) is 6.07. The zero-order chi connectivity index (χ0) is 22.9. The van der Waals surface area contributed by atoms with E-state index in [-0.39, 0.29) is 30.9 Å². The quantitative estimate of drug-likeness (QED) is 0.579. The Morgan fingerprint density at radius 3 is 2.84 bits per heavy atom. The highest BCUT2D eigenvalue weighted by Gasteiger charge is 2.36. The Labute approximate surface area is 183 Å². The number of carbonyl (C=O) groups is 1. The lowest BCUT2D eigenvalue weighted by atomic mass is 9.99. The molecule has 10 heteroatoms. The van der Waals surface area contributed by atoms with Crippen molar-refractivity contribution in [2.75, 3.05) is 19.8 Å². The van der Waals surface area contributed by atoms with E-state index in [9.17, 15) is 18.7 Å². The van der Waals surface area contributed by atoms with Crippen molar-refractivity contribution in [3.05, 3.63) is 42.1 Å². The molecule has 0 aliphatic carbocycles. The van der Waals surface area contributed by atoms with Gasteiger partial charge in [-0.3, -0.25) is 14.5 Å². The lowest BCUT2D eigenvalue weighted by Crippen LogP contribution is -2.52. The van der Waals surface area contributed by atoms with Gasteiger partial charge in [0.25, 0.3) is 5.91 Å². The Balaban J connectivity index is 1.72. The number of fused-ring (bicyclic) bond motifs is 1. The number of halogens is 2. The number of aliphatic hydroxyl groups is 1. The number of hydrogen-bond donors (Lipinski definition) is 2. The average Bonchev–Trinajstić information content (AvgIpc) is 3.38. The number of aromatic nitrogens is 3. The van der Waals surface area contributed by atoms with E-state index in [1.54, 1.807) is 22.9 Å². The number of ether oxygens (including phenoxy) is 2. The average molecular weight is 446 g/mol. The van der Waals surface area contributed by atoms with Gasteiger partial charge in [0.05, 0.1) is 29.8 Å². The second-order valence-electron chi connectivity index (χ2n) is 8.08. The first-order valence-electron chi connectivity index (χ1n) is 10.3. The van der Waals surface area contributed by atoms with E-state index in [1.807, 2.05) is 13.8 Å². The molecule has 1 amide bonds. The molecule has 170 valence electrons. The maximum atomic E-state index is 12.9. The fraction of sp³-hybridized carbons (Fsp3) is 0.409. The van der Waals surface area contributed by atoms with Crippen molar-refractivity contribution in [3.63, 3.8) is 0 Å². The summed E-state index contributed by atoms with van der Waals surface area (Å²) in [4.78, 5) is 17.3. The molecule has 0 radical (unpaired) electrons. The van der Waals surface area contributed by atoms with Crippen molar-refractivity contribution in [3.8, 4) is 17.0 Å². The van der Waals surface area contributed by atoms with Crippen molar-refractivity contribution < 1.29 is 28.2 Å². The summed E-state index contributed by atoms with van der Waals surface area (Å²) in [7, 11) is 0. The van der Waals surface area contributed by atoms with Gasteiger partial charge >= 0.3 is 6.61 Å². The summed E-state index contributed by atoms with van der Waals surface area (Å²) in [6.07, 6.45) is 1.96. The zero-order valence-corrected chi connectivity index (χ0v) is 17.7. The highest BCUT2D eigenvalue weighted by Crippen LogP contribution is 2.31. The van der Waals surface area contributed by atoms with Crippen LogP contribution in [0.2, 0.25) is 0 Å². The molecule has 2 N–H and O–H groups in total. The van der Waals surface area contributed by atoms with Crippen molar-refractivity contribution in [1.82, 2.24) is 20.1 Å². The molecule has 0 unspecified atom stereocenters. The van der Waals surface area contributed by atoms with Gasteiger partial charge in [-0.15, -0.1) is 0 Å². The van der Waals surface area contributed by atoms with Gasteiger partial charge in [0.1, 0.15) is 17.0 Å². The smallest absolute Gasteiger partial charge is 0.387 e. The molecule has 0 saturated carbocycles. The molecule has 1 aliphatic rings. The molecule has 1 fully saturated rings. The molecule has 1 atom stereocenters. The maximum Gasteiger partial charge on any atom is 0.387 e. The summed E-state index contributed by atoms with van der Waals surface area (Å²) in [6.45, 7) is 1.44. The van der Waals surface area contributed by atoms with Crippen LogP contribution in [0.4, 0.5) is 8.78 Å². The molecular formula is C22H24F2N4O4. The van der Waals surface area contributed by atoms with Gasteiger partial charge in [-0.2, -0.15) is 13.9 Å². The molecule has 8 nitrogen and oxygen atoms in total. The molecule has 4 rings (SSSR count). The first-order chi connectivity index (χ1) is 15.3. The summed E-state index contributed by atoms with van der Waals surface area (Å²) in [6, 6.07) is 7.90. The molecule has 1 aromatic carbocycles. The first-order valence-corrected chi connectivity index (χ1v) is 10.3. The molecule has 3 heterocycles. The Bertz CT molecular complexity index is 1130. The minimum absolute atomic E-state index is 0.0221. The Hall–Kier alpha value is -3.11. The van der Waals surface area contributed by atoms with E-state index in [0.717, 1.165) is 0 Å². The number of benzene rings is 1. The molecule has 1 saturated heterocycles. The van der Waals surface area contributed by atoms with E-state index >= 15 is 0 Å². The van der Waals surface area contributed by atoms with E-state index in [0.29, 0.717) is 40.9 Å². The van der Waals surface area contributed by atoms with Crippen LogP contribution in [0.3, 0.4) is 0 Å². The van der Waals surface area contributed by atoms with Crippen LogP contribution >= 0.6 is 0 Å². The summed E-state index contributed by atoms with van der Waals surface area (Å²) in [5.74, 6) is -0.349. The highest BCUT2D eigenvalue weighted by molar-refractivity contribution is 5.99. The fourth-order valence-corrected chi connectivity index (χ4v) is 3.73. The van der Waals surface area contributed by atoms with Gasteiger partial charge in [-0.25, -0.2) is 0 Å². The number of aliphatic hydroxyl groups excluding tert-OH is 1. The highest BCUT2D eigenvalue weighted by atomic mass is 19.3. The number of hydrogen-bond acceptors (Lipinski definition) is 6. The molecule has 0 spiro atoms. The predicted octanol–water partition coefficient (Wildman–Crippen LogP) is 3.16. The molecule has 0 bridgehead atoms. The molecule has 32 heavy (non-hydrogen) atoms. The van der Waals surface area contributed by atoms with Crippen LogP contribution in [0.25, 0.3) is 22.3 Å². The Morgan fingerprint density at radius 1 is 1.38 bits per heavy atom. The molecule has 2 aromatic heterocycles. The van der Waals surface area contributed by atoms with Crippen LogP contribution in [0.1, 0.15) is 36.7 Å². The Morgan fingerprint density at radius 2 is 2.19 bits per heavy atom. The number of pyridine rings is 1. The molecule has 1 aliphatic heterocycles. The largest absolute Gasteiger partial charge is 0.435 e. The van der Waals surface area contributed by atoms with Crippen molar-refractivity contribution >= 4 is 16.9 Å². The second kappa shape index (κ2) is 8.79. The monoisotopic (exact) mass is 446 g/mol. The number of carbonyl (C=O) groups excluding carboxylic acids is 1. The third kappa shape index (κ3) is 4.28. The van der Waals surface area contributed by atoms with E-state index in [4.69, 9.17) is 4.74 Å². The predicted molar refractivity (Wildman–Crippen MR) is 113 cm³/mol. The minimum Gasteiger partial charge on any atom is -0.435 e. The third-order valence-corrected chi connectivity index (χ3v) is 5.42. The number of amides is 1. The topological polar surface area (TPSA) is 98.5 Å². The second-order valence-corrected chi connectivity index (χ2v) is 8.08. The number of alkyl halides is 2. The number of nitrogens with one attached hydrogen (secondary N) is 1. The van der Waals surface area contributed by atoms with Crippen LogP contribution in [-0.4, -0.2) is 57.7 Å². The van der Waals surface area contributed by atoms with Crippen molar-refractivity contribution in [1.29, 1.82) is 0 Å². The standard InChI is InChI=1S/C22H24F2N4O4/c1-13(2)28-17-9-15(20(30)26-22(11-29)6-7-31-12-22)10-25-19(17)18(27-28)14-4-3-5-16(8-14)32-21(23)24/h3-5,8-10,13,21,29H,6-7,11-12H2,1-2H3,(H,26,30)/t22-/m1/s1. The lowest BCUT2D eigenvalue weighted by Gasteiger charge is -2.26. The summed E-state index contributed by atoms with van der Waals surface area (Å²) < 4.78 is 36.8. The van der Waals surface area contributed by atoms with Crippen LogP contribution in [0.15, 0.2) is 36.5 Å². The van der Waals surface area contributed by atoms with Gasteiger partial charge < -0.3 is 19.9 Å². The van der Waals surface area contributed by atoms with Gasteiger partial charge in [-0.05, 0) is 38.5 Å². The lowest BCUT2D eigenvalue weighted by molar-refractivity contribution is -0.0498.